The summed E-state index contributed by atoms with van der Waals surface area (Å²) in [6.07, 6.45) is 0. The molecule has 4 rings (SSSR count). The summed E-state index contributed by atoms with van der Waals surface area (Å²) in [5.74, 6) is 1.94. The molecule has 0 radical (unpaired) electrons. The van der Waals surface area contributed by atoms with Crippen LogP contribution in [-0.4, -0.2) is 55.5 Å². The largest absolute Gasteiger partial charge is 0.465 e. The Morgan fingerprint density at radius 1 is 1.14 bits per heavy atom. The topological polar surface area (TPSA) is 61.9 Å². The predicted molar refractivity (Wildman–Crippen MR) is 116 cm³/mol. The number of rotatable bonds is 5. The third-order valence-corrected chi connectivity index (χ3v) is 6.12. The molecule has 0 unspecified atom stereocenters. The molecule has 1 atom stereocenters. The molecule has 1 N–H and O–H groups in total. The molecular formula is C22H26BrN3O3. The molecule has 1 amide bonds. The molecule has 0 aliphatic carbocycles. The number of hydrogen-bond donors (Lipinski definition) is 1. The third-order valence-electron chi connectivity index (χ3n) is 5.63. The second-order valence-corrected chi connectivity index (χ2v) is 8.63. The summed E-state index contributed by atoms with van der Waals surface area (Å²) in [6.45, 7) is 8.21. The maximum Gasteiger partial charge on any atom is 0.287 e. The summed E-state index contributed by atoms with van der Waals surface area (Å²) in [7, 11) is 2.13. The zero-order chi connectivity index (χ0) is 20.5. The molecule has 3 aromatic rings. The van der Waals surface area contributed by atoms with Crippen molar-refractivity contribution in [3.63, 3.8) is 0 Å². The molecule has 6 nitrogen and oxygen atoms in total. The van der Waals surface area contributed by atoms with Gasteiger partial charge in [-0.25, -0.2) is 0 Å². The summed E-state index contributed by atoms with van der Waals surface area (Å²) < 4.78 is 12.7. The number of fused-ring (bicyclic) bond motifs is 1. The lowest BCUT2D eigenvalue weighted by molar-refractivity contribution is 0.0831. The van der Waals surface area contributed by atoms with Gasteiger partial charge in [-0.15, -0.1) is 0 Å². The van der Waals surface area contributed by atoms with Gasteiger partial charge in [0.15, 0.2) is 5.76 Å². The van der Waals surface area contributed by atoms with E-state index in [1.54, 1.807) is 0 Å². The molecule has 1 aromatic carbocycles. The van der Waals surface area contributed by atoms with Crippen LogP contribution in [0.3, 0.4) is 0 Å². The van der Waals surface area contributed by atoms with Gasteiger partial charge in [-0.05, 0) is 51.2 Å². The van der Waals surface area contributed by atoms with Gasteiger partial charge < -0.3 is 19.1 Å². The lowest BCUT2D eigenvalue weighted by Crippen LogP contribution is -2.48. The maximum absolute atomic E-state index is 12.9. The van der Waals surface area contributed by atoms with E-state index < -0.39 is 0 Å². The fourth-order valence-electron chi connectivity index (χ4n) is 3.86. The predicted octanol–water partition coefficient (Wildman–Crippen LogP) is 4.12. The fourth-order valence-corrected chi connectivity index (χ4v) is 4.20. The van der Waals surface area contributed by atoms with E-state index in [1.165, 1.54) is 0 Å². The minimum absolute atomic E-state index is 0.000166. The van der Waals surface area contributed by atoms with E-state index in [9.17, 15) is 4.79 Å². The standard InChI is InChI=1S/C22H26BrN3O3/c1-14-4-7-19(28-14)18(26-10-8-25(3)9-11-26)13-24-22(27)21-15(2)17-6-5-16(23)12-20(17)29-21/h4-7,12,18H,8-11,13H2,1-3H3,(H,24,27)/t18-/m1/s1. The molecule has 1 saturated heterocycles. The Kier molecular flexibility index (Phi) is 5.81. The quantitative estimate of drug-likeness (QED) is 0.621. The van der Waals surface area contributed by atoms with Gasteiger partial charge in [-0.1, -0.05) is 15.9 Å². The summed E-state index contributed by atoms with van der Waals surface area (Å²) in [4.78, 5) is 17.6. The minimum Gasteiger partial charge on any atom is -0.465 e. The Morgan fingerprint density at radius 3 is 2.59 bits per heavy atom. The van der Waals surface area contributed by atoms with E-state index in [0.717, 1.165) is 53.1 Å². The first kappa shape index (κ1) is 20.2. The Balaban J connectivity index is 1.52. The Hall–Kier alpha value is -2.09. The number of carbonyl (C=O) groups is 1. The van der Waals surface area contributed by atoms with E-state index in [0.29, 0.717) is 17.9 Å². The summed E-state index contributed by atoms with van der Waals surface area (Å²) >= 11 is 3.45. The molecule has 0 bridgehead atoms. The van der Waals surface area contributed by atoms with Crippen LogP contribution >= 0.6 is 15.9 Å². The number of nitrogens with zero attached hydrogens (tertiary/aromatic N) is 2. The van der Waals surface area contributed by atoms with Crippen LogP contribution in [0.5, 0.6) is 0 Å². The molecule has 0 spiro atoms. The van der Waals surface area contributed by atoms with Crippen molar-refractivity contribution in [1.29, 1.82) is 0 Å². The Labute approximate surface area is 179 Å². The highest BCUT2D eigenvalue weighted by Gasteiger charge is 2.27. The Morgan fingerprint density at radius 2 is 1.90 bits per heavy atom. The molecule has 1 aliphatic heterocycles. The zero-order valence-corrected chi connectivity index (χ0v) is 18.6. The number of hydrogen-bond acceptors (Lipinski definition) is 5. The van der Waals surface area contributed by atoms with Crippen molar-refractivity contribution in [2.24, 2.45) is 0 Å². The molecule has 7 heteroatoms. The number of piperazine rings is 1. The van der Waals surface area contributed by atoms with Gasteiger partial charge >= 0.3 is 0 Å². The number of carbonyl (C=O) groups excluding carboxylic acids is 1. The smallest absolute Gasteiger partial charge is 0.287 e. The molecule has 1 fully saturated rings. The van der Waals surface area contributed by atoms with E-state index in [4.69, 9.17) is 8.83 Å². The third kappa shape index (κ3) is 4.27. The number of benzene rings is 1. The number of likely N-dealkylation sites (N-methyl/N-ethyl adjacent to an activating group) is 1. The van der Waals surface area contributed by atoms with Crippen LogP contribution in [0.4, 0.5) is 0 Å². The van der Waals surface area contributed by atoms with Crippen LogP contribution in [0.25, 0.3) is 11.0 Å². The second kappa shape index (κ2) is 8.34. The van der Waals surface area contributed by atoms with Gasteiger partial charge in [0.2, 0.25) is 0 Å². The molecular weight excluding hydrogens is 434 g/mol. The lowest BCUT2D eigenvalue weighted by atomic mass is 10.1. The highest BCUT2D eigenvalue weighted by molar-refractivity contribution is 9.10. The average molecular weight is 460 g/mol. The van der Waals surface area contributed by atoms with Gasteiger partial charge in [0, 0.05) is 48.1 Å². The van der Waals surface area contributed by atoms with Crippen molar-refractivity contribution in [2.75, 3.05) is 39.8 Å². The minimum atomic E-state index is -0.197. The van der Waals surface area contributed by atoms with E-state index >= 15 is 0 Å². The van der Waals surface area contributed by atoms with Gasteiger partial charge in [0.05, 0.1) is 6.04 Å². The van der Waals surface area contributed by atoms with Crippen LogP contribution in [0.2, 0.25) is 0 Å². The zero-order valence-electron chi connectivity index (χ0n) is 17.0. The van der Waals surface area contributed by atoms with Gasteiger partial charge in [-0.2, -0.15) is 0 Å². The highest BCUT2D eigenvalue weighted by Crippen LogP contribution is 2.28. The van der Waals surface area contributed by atoms with Crippen molar-refractivity contribution >= 4 is 32.8 Å². The fraction of sp³-hybridized carbons (Fsp3) is 0.409. The highest BCUT2D eigenvalue weighted by atomic mass is 79.9. The van der Waals surface area contributed by atoms with E-state index in [-0.39, 0.29) is 11.9 Å². The number of nitrogens with one attached hydrogen (secondary N) is 1. The monoisotopic (exact) mass is 459 g/mol. The number of halogens is 1. The van der Waals surface area contributed by atoms with Crippen molar-refractivity contribution in [3.8, 4) is 0 Å². The molecule has 29 heavy (non-hydrogen) atoms. The SMILES string of the molecule is Cc1ccc([C@@H](CNC(=O)c2oc3cc(Br)ccc3c2C)N2CCN(C)CC2)o1. The van der Waals surface area contributed by atoms with E-state index in [1.807, 2.05) is 44.2 Å². The number of amides is 1. The normalized spacial score (nSPS) is 17.0. The van der Waals surface area contributed by atoms with Crippen LogP contribution in [0, 0.1) is 13.8 Å². The van der Waals surface area contributed by atoms with Crippen LogP contribution < -0.4 is 5.32 Å². The van der Waals surface area contributed by atoms with Gasteiger partial charge in [0.1, 0.15) is 17.1 Å². The molecule has 0 saturated carbocycles. The first-order chi connectivity index (χ1) is 13.9. The second-order valence-electron chi connectivity index (χ2n) is 7.71. The molecule has 2 aromatic heterocycles. The van der Waals surface area contributed by atoms with Crippen molar-refractivity contribution in [3.05, 3.63) is 57.6 Å². The summed E-state index contributed by atoms with van der Waals surface area (Å²) in [6, 6.07) is 9.79. The molecule has 1 aliphatic rings. The van der Waals surface area contributed by atoms with Crippen LogP contribution in [-0.2, 0) is 0 Å². The molecule has 3 heterocycles. The number of furan rings is 2. The Bertz CT molecular complexity index is 1020. The van der Waals surface area contributed by atoms with Crippen molar-refractivity contribution in [2.45, 2.75) is 19.9 Å². The first-order valence-corrected chi connectivity index (χ1v) is 10.7. The van der Waals surface area contributed by atoms with Crippen LogP contribution in [0.15, 0.2) is 43.6 Å². The van der Waals surface area contributed by atoms with E-state index in [2.05, 4.69) is 38.1 Å². The average Bonchev–Trinajstić information content (AvgIpc) is 3.26. The molecule has 154 valence electrons. The van der Waals surface area contributed by atoms with Gasteiger partial charge in [0.25, 0.3) is 5.91 Å². The number of aryl methyl sites for hydroxylation is 2. The van der Waals surface area contributed by atoms with Crippen molar-refractivity contribution in [1.82, 2.24) is 15.1 Å². The first-order valence-electron chi connectivity index (χ1n) is 9.88. The summed E-state index contributed by atoms with van der Waals surface area (Å²) in [5, 5.41) is 4.03. The summed E-state index contributed by atoms with van der Waals surface area (Å²) in [5.41, 5.74) is 1.56. The van der Waals surface area contributed by atoms with Gasteiger partial charge in [-0.3, -0.25) is 9.69 Å². The lowest BCUT2D eigenvalue weighted by Gasteiger charge is -2.37. The maximum atomic E-state index is 12.9. The van der Waals surface area contributed by atoms with Crippen molar-refractivity contribution < 1.29 is 13.6 Å². The van der Waals surface area contributed by atoms with Crippen LogP contribution in [0.1, 0.15) is 33.7 Å².